The SMILES string of the molecule is O=C(N/N=C1/CCCc2nonc21)C1=NNC(=O)[C@@H]2C=CC=C[C@H]12. The maximum atomic E-state index is 12.4. The molecule has 2 N–H and O–H groups in total. The van der Waals surface area contributed by atoms with Gasteiger partial charge >= 0.3 is 0 Å². The lowest BCUT2D eigenvalue weighted by molar-refractivity contribution is -0.124. The van der Waals surface area contributed by atoms with E-state index in [0.29, 0.717) is 17.8 Å². The summed E-state index contributed by atoms with van der Waals surface area (Å²) in [5, 5.41) is 15.7. The highest BCUT2D eigenvalue weighted by Gasteiger charge is 2.36. The average Bonchev–Trinajstić information content (AvgIpc) is 3.09. The molecule has 24 heavy (non-hydrogen) atoms. The van der Waals surface area contributed by atoms with Crippen LogP contribution in [0.3, 0.4) is 0 Å². The van der Waals surface area contributed by atoms with Crippen molar-refractivity contribution in [1.29, 1.82) is 0 Å². The number of aryl methyl sites for hydroxylation is 1. The Morgan fingerprint density at radius 2 is 2.08 bits per heavy atom. The molecule has 2 amide bonds. The van der Waals surface area contributed by atoms with Gasteiger partial charge < -0.3 is 0 Å². The lowest BCUT2D eigenvalue weighted by Crippen LogP contribution is -2.46. The van der Waals surface area contributed by atoms with Crippen LogP contribution in [-0.4, -0.2) is 33.6 Å². The van der Waals surface area contributed by atoms with Gasteiger partial charge in [0.15, 0.2) is 5.69 Å². The number of amides is 2. The van der Waals surface area contributed by atoms with Crippen molar-refractivity contribution in [2.75, 3.05) is 0 Å². The van der Waals surface area contributed by atoms with Crippen LogP contribution in [0.5, 0.6) is 0 Å². The molecule has 9 heteroatoms. The summed E-state index contributed by atoms with van der Waals surface area (Å²) in [7, 11) is 0. The second-order valence-electron chi connectivity index (χ2n) is 5.71. The van der Waals surface area contributed by atoms with E-state index in [-0.39, 0.29) is 17.5 Å². The number of nitrogens with zero attached hydrogens (tertiary/aromatic N) is 4. The van der Waals surface area contributed by atoms with Gasteiger partial charge in [0.05, 0.1) is 11.6 Å². The summed E-state index contributed by atoms with van der Waals surface area (Å²) in [6, 6.07) is 0. The Kier molecular flexibility index (Phi) is 3.52. The average molecular weight is 326 g/mol. The van der Waals surface area contributed by atoms with Gasteiger partial charge in [0, 0.05) is 5.92 Å². The van der Waals surface area contributed by atoms with Crippen molar-refractivity contribution in [2.24, 2.45) is 22.0 Å². The van der Waals surface area contributed by atoms with Crippen LogP contribution in [0, 0.1) is 11.8 Å². The minimum Gasteiger partial charge on any atom is -0.272 e. The molecule has 2 atom stereocenters. The fourth-order valence-electron chi connectivity index (χ4n) is 3.00. The van der Waals surface area contributed by atoms with E-state index in [2.05, 4.69) is 31.4 Å². The van der Waals surface area contributed by atoms with Crippen molar-refractivity contribution in [3.8, 4) is 0 Å². The Labute approximate surface area is 136 Å². The minimum atomic E-state index is -0.457. The molecule has 4 rings (SSSR count). The second-order valence-corrected chi connectivity index (χ2v) is 5.71. The van der Waals surface area contributed by atoms with Crippen LogP contribution in [0.4, 0.5) is 0 Å². The van der Waals surface area contributed by atoms with Gasteiger partial charge in [-0.1, -0.05) is 29.5 Å². The summed E-state index contributed by atoms with van der Waals surface area (Å²) in [5.74, 6) is -1.50. The number of fused-ring (bicyclic) bond motifs is 2. The number of aromatic nitrogens is 2. The summed E-state index contributed by atoms with van der Waals surface area (Å²) in [4.78, 5) is 24.3. The highest BCUT2D eigenvalue weighted by molar-refractivity contribution is 6.41. The number of nitrogens with one attached hydrogen (secondary N) is 2. The van der Waals surface area contributed by atoms with Gasteiger partial charge in [-0.25, -0.2) is 15.5 Å². The first kappa shape index (κ1) is 14.5. The quantitative estimate of drug-likeness (QED) is 0.745. The lowest BCUT2D eigenvalue weighted by Gasteiger charge is -2.27. The third-order valence-corrected chi connectivity index (χ3v) is 4.22. The largest absolute Gasteiger partial charge is 0.288 e. The van der Waals surface area contributed by atoms with E-state index >= 15 is 0 Å². The molecular weight excluding hydrogens is 312 g/mol. The summed E-state index contributed by atoms with van der Waals surface area (Å²) >= 11 is 0. The summed E-state index contributed by atoms with van der Waals surface area (Å²) in [6.45, 7) is 0. The van der Waals surface area contributed by atoms with Crippen molar-refractivity contribution in [3.63, 3.8) is 0 Å². The number of allylic oxidation sites excluding steroid dienone is 3. The van der Waals surface area contributed by atoms with E-state index in [1.165, 1.54) is 0 Å². The number of hydrogen-bond donors (Lipinski definition) is 2. The van der Waals surface area contributed by atoms with Gasteiger partial charge in [0.2, 0.25) is 5.91 Å². The number of carbonyl (C=O) groups is 2. The van der Waals surface area contributed by atoms with Gasteiger partial charge in [-0.15, -0.1) is 0 Å². The molecule has 1 aliphatic heterocycles. The Hall–Kier alpha value is -3.10. The van der Waals surface area contributed by atoms with E-state index in [4.69, 9.17) is 4.63 Å². The first-order valence-corrected chi connectivity index (χ1v) is 7.65. The molecule has 9 nitrogen and oxygen atoms in total. The maximum absolute atomic E-state index is 12.4. The second kappa shape index (κ2) is 5.84. The Morgan fingerprint density at radius 3 is 2.96 bits per heavy atom. The van der Waals surface area contributed by atoms with Crippen LogP contribution in [-0.2, 0) is 16.0 Å². The molecule has 0 aromatic carbocycles. The Balaban J connectivity index is 1.53. The van der Waals surface area contributed by atoms with Crippen LogP contribution in [0.1, 0.15) is 24.2 Å². The topological polar surface area (TPSA) is 122 Å². The molecule has 0 unspecified atom stereocenters. The van der Waals surface area contributed by atoms with Gasteiger partial charge in [-0.05, 0) is 24.4 Å². The summed E-state index contributed by atoms with van der Waals surface area (Å²) < 4.78 is 4.72. The molecule has 3 aliphatic rings. The zero-order chi connectivity index (χ0) is 16.5. The molecule has 0 spiro atoms. The van der Waals surface area contributed by atoms with Crippen LogP contribution in [0.15, 0.2) is 39.1 Å². The predicted octanol–water partition coefficient (Wildman–Crippen LogP) is 0.0704. The molecule has 0 saturated heterocycles. The third kappa shape index (κ3) is 2.43. The smallest absolute Gasteiger partial charge is 0.272 e. The molecule has 0 bridgehead atoms. The molecule has 1 aromatic heterocycles. The first-order valence-electron chi connectivity index (χ1n) is 7.65. The predicted molar refractivity (Wildman–Crippen MR) is 82.8 cm³/mol. The Morgan fingerprint density at radius 1 is 1.25 bits per heavy atom. The number of hydrogen-bond acceptors (Lipinski definition) is 7. The first-order chi connectivity index (χ1) is 11.7. The number of rotatable bonds is 2. The standard InChI is InChI=1S/C15H14N6O3/c22-14-9-5-2-1-4-8(9)12(17-18-14)15(23)19-16-10-6-3-7-11-13(10)21-24-20-11/h1-2,4-5,8-9H,3,6-7H2,(H,18,22)(H,19,23)/b16-10-/t8-,9+/m0/s1. The normalized spacial score (nSPS) is 26.4. The van der Waals surface area contributed by atoms with Crippen LogP contribution < -0.4 is 10.9 Å². The highest BCUT2D eigenvalue weighted by atomic mass is 16.6. The van der Waals surface area contributed by atoms with E-state index in [1.807, 2.05) is 0 Å². The zero-order valence-electron chi connectivity index (χ0n) is 12.6. The summed E-state index contributed by atoms with van der Waals surface area (Å²) in [5.41, 5.74) is 7.06. The van der Waals surface area contributed by atoms with Gasteiger partial charge in [0.25, 0.3) is 5.91 Å². The molecule has 0 fully saturated rings. The lowest BCUT2D eigenvalue weighted by atomic mass is 9.83. The van der Waals surface area contributed by atoms with Crippen molar-refractivity contribution in [3.05, 3.63) is 35.7 Å². The van der Waals surface area contributed by atoms with E-state index in [0.717, 1.165) is 18.5 Å². The van der Waals surface area contributed by atoms with Gasteiger partial charge in [-0.2, -0.15) is 10.2 Å². The maximum Gasteiger partial charge on any atom is 0.288 e. The molecule has 2 aliphatic carbocycles. The Bertz CT molecular complexity index is 819. The van der Waals surface area contributed by atoms with Crippen molar-refractivity contribution in [2.45, 2.75) is 19.3 Å². The fourth-order valence-corrected chi connectivity index (χ4v) is 3.00. The van der Waals surface area contributed by atoms with Crippen molar-refractivity contribution in [1.82, 2.24) is 21.2 Å². The minimum absolute atomic E-state index is 0.221. The summed E-state index contributed by atoms with van der Waals surface area (Å²) in [6.07, 6.45) is 9.44. The van der Waals surface area contributed by atoms with Crippen molar-refractivity contribution >= 4 is 23.2 Å². The van der Waals surface area contributed by atoms with Crippen molar-refractivity contribution < 1.29 is 14.2 Å². The van der Waals surface area contributed by atoms with Crippen LogP contribution in [0.25, 0.3) is 0 Å². The van der Waals surface area contributed by atoms with E-state index in [9.17, 15) is 9.59 Å². The van der Waals surface area contributed by atoms with E-state index < -0.39 is 11.8 Å². The molecule has 0 radical (unpaired) electrons. The van der Waals surface area contributed by atoms with Gasteiger partial charge in [-0.3, -0.25) is 9.59 Å². The fraction of sp³-hybridized carbons (Fsp3) is 0.333. The van der Waals surface area contributed by atoms with Crippen LogP contribution >= 0.6 is 0 Å². The third-order valence-electron chi connectivity index (χ3n) is 4.22. The molecule has 0 saturated carbocycles. The molecule has 2 heterocycles. The number of carbonyl (C=O) groups excluding carboxylic acids is 2. The van der Waals surface area contributed by atoms with Gasteiger partial charge in [0.1, 0.15) is 11.4 Å². The van der Waals surface area contributed by atoms with E-state index in [1.54, 1.807) is 24.3 Å². The van der Waals surface area contributed by atoms with Crippen LogP contribution in [0.2, 0.25) is 0 Å². The molecular formula is C15H14N6O3. The molecule has 122 valence electrons. The zero-order valence-corrected chi connectivity index (χ0v) is 12.6. The monoisotopic (exact) mass is 326 g/mol. The highest BCUT2D eigenvalue weighted by Crippen LogP contribution is 2.24. The number of hydrazone groups is 2. The molecule has 1 aromatic rings.